The maximum absolute atomic E-state index is 13.0. The van der Waals surface area contributed by atoms with Gasteiger partial charge in [0.15, 0.2) is 6.29 Å². The normalized spacial score (nSPS) is 16.9. The molecule has 2 aliphatic heterocycles. The lowest BCUT2D eigenvalue weighted by Crippen LogP contribution is -2.38. The van der Waals surface area contributed by atoms with Crippen molar-refractivity contribution in [2.75, 3.05) is 11.4 Å². The predicted molar refractivity (Wildman–Crippen MR) is 90.1 cm³/mol. The van der Waals surface area contributed by atoms with Gasteiger partial charge in [-0.1, -0.05) is 0 Å². The van der Waals surface area contributed by atoms with Crippen molar-refractivity contribution in [2.45, 2.75) is 32.2 Å². The maximum atomic E-state index is 13.0. The van der Waals surface area contributed by atoms with E-state index in [9.17, 15) is 9.59 Å². The van der Waals surface area contributed by atoms with Gasteiger partial charge < -0.3 is 4.57 Å². The molecule has 2 aromatic heterocycles. The summed E-state index contributed by atoms with van der Waals surface area (Å²) in [7, 11) is 0. The molecule has 0 spiro atoms. The molecule has 0 atom stereocenters. The summed E-state index contributed by atoms with van der Waals surface area (Å²) in [6.45, 7) is 1.60. The summed E-state index contributed by atoms with van der Waals surface area (Å²) >= 11 is 3.41. The van der Waals surface area contributed by atoms with Gasteiger partial charge >= 0.3 is 0 Å². The minimum absolute atomic E-state index is 0.0237. The molecule has 0 unspecified atom stereocenters. The maximum Gasteiger partial charge on any atom is 0.261 e. The number of halogens is 1. The third-order valence-electron chi connectivity index (χ3n) is 4.69. The van der Waals surface area contributed by atoms with E-state index < -0.39 is 0 Å². The second-order valence-corrected chi connectivity index (χ2v) is 6.76. The van der Waals surface area contributed by atoms with Crippen molar-refractivity contribution in [1.82, 2.24) is 9.55 Å². The minimum atomic E-state index is -0.0237. The van der Waals surface area contributed by atoms with Crippen molar-refractivity contribution >= 4 is 33.9 Å². The Kier molecular flexibility index (Phi) is 3.56. The van der Waals surface area contributed by atoms with Gasteiger partial charge in [-0.3, -0.25) is 14.5 Å². The zero-order valence-corrected chi connectivity index (χ0v) is 14.2. The van der Waals surface area contributed by atoms with E-state index in [0.29, 0.717) is 22.4 Å². The fourth-order valence-corrected chi connectivity index (χ4v) is 4.10. The SMILES string of the molecule is O=Cc1ccnc(N2CCc3c(cc4n3CCCC4)C2=O)c1Br. The van der Waals surface area contributed by atoms with Crippen LogP contribution in [0.1, 0.15) is 44.9 Å². The summed E-state index contributed by atoms with van der Waals surface area (Å²) in [4.78, 5) is 30.0. The van der Waals surface area contributed by atoms with Crippen molar-refractivity contribution in [3.8, 4) is 0 Å². The van der Waals surface area contributed by atoms with Crippen molar-refractivity contribution in [3.63, 3.8) is 0 Å². The Bertz CT molecular complexity index is 812. The molecule has 0 aromatic carbocycles. The summed E-state index contributed by atoms with van der Waals surface area (Å²) in [6.07, 6.45) is 6.57. The summed E-state index contributed by atoms with van der Waals surface area (Å²) < 4.78 is 2.90. The number of amides is 1. The second-order valence-electron chi connectivity index (χ2n) is 5.97. The number of pyridine rings is 1. The summed E-state index contributed by atoms with van der Waals surface area (Å²) in [5.41, 5.74) is 3.72. The molecule has 4 heterocycles. The minimum Gasteiger partial charge on any atom is -0.348 e. The Morgan fingerprint density at radius 1 is 1.22 bits per heavy atom. The molecule has 0 bridgehead atoms. The van der Waals surface area contributed by atoms with Crippen LogP contribution >= 0.6 is 15.9 Å². The average molecular weight is 374 g/mol. The Hall–Kier alpha value is -1.95. The molecule has 2 aromatic rings. The van der Waals surface area contributed by atoms with Crippen LogP contribution in [0.4, 0.5) is 5.82 Å². The van der Waals surface area contributed by atoms with Crippen molar-refractivity contribution < 1.29 is 9.59 Å². The highest BCUT2D eigenvalue weighted by atomic mass is 79.9. The topological polar surface area (TPSA) is 55.2 Å². The average Bonchev–Trinajstić information content (AvgIpc) is 2.96. The molecule has 2 aliphatic rings. The van der Waals surface area contributed by atoms with Gasteiger partial charge in [-0.05, 0) is 47.3 Å². The van der Waals surface area contributed by atoms with Gasteiger partial charge in [0.1, 0.15) is 5.82 Å². The van der Waals surface area contributed by atoms with E-state index in [1.807, 2.05) is 6.07 Å². The predicted octanol–water partition coefficient (Wildman–Crippen LogP) is 3.00. The quantitative estimate of drug-likeness (QED) is 0.760. The fraction of sp³-hybridized carbons (Fsp3) is 0.353. The number of fused-ring (bicyclic) bond motifs is 3. The lowest BCUT2D eigenvalue weighted by atomic mass is 10.1. The van der Waals surface area contributed by atoms with Gasteiger partial charge in [0.2, 0.25) is 0 Å². The Balaban J connectivity index is 1.76. The molecule has 4 rings (SSSR count). The van der Waals surface area contributed by atoms with Gasteiger partial charge in [0, 0.05) is 42.7 Å². The van der Waals surface area contributed by atoms with E-state index in [0.717, 1.165) is 36.9 Å². The van der Waals surface area contributed by atoms with Crippen LogP contribution in [0.3, 0.4) is 0 Å². The van der Waals surface area contributed by atoms with Crippen LogP contribution in [0.5, 0.6) is 0 Å². The number of hydrogen-bond donors (Lipinski definition) is 0. The fourth-order valence-electron chi connectivity index (χ4n) is 3.56. The van der Waals surface area contributed by atoms with E-state index >= 15 is 0 Å². The number of hydrogen-bond acceptors (Lipinski definition) is 3. The van der Waals surface area contributed by atoms with E-state index in [1.165, 1.54) is 18.5 Å². The van der Waals surface area contributed by atoms with Gasteiger partial charge in [0.05, 0.1) is 10.0 Å². The molecular formula is C17H16BrN3O2. The van der Waals surface area contributed by atoms with Crippen LogP contribution in [0.25, 0.3) is 0 Å². The highest BCUT2D eigenvalue weighted by Gasteiger charge is 2.32. The third-order valence-corrected chi connectivity index (χ3v) is 5.50. The molecule has 23 heavy (non-hydrogen) atoms. The number of anilines is 1. The first-order chi connectivity index (χ1) is 11.2. The molecule has 0 N–H and O–H groups in total. The second kappa shape index (κ2) is 5.60. The first-order valence-corrected chi connectivity index (χ1v) is 8.63. The van der Waals surface area contributed by atoms with Crippen LogP contribution in [-0.4, -0.2) is 28.3 Å². The zero-order chi connectivity index (χ0) is 16.0. The zero-order valence-electron chi connectivity index (χ0n) is 12.6. The molecule has 0 saturated heterocycles. The summed E-state index contributed by atoms with van der Waals surface area (Å²) in [5, 5.41) is 0. The first kappa shape index (κ1) is 14.6. The van der Waals surface area contributed by atoms with Crippen LogP contribution in [0.15, 0.2) is 22.8 Å². The van der Waals surface area contributed by atoms with Gasteiger partial charge in [0.25, 0.3) is 5.91 Å². The Labute approximate surface area is 142 Å². The Morgan fingerprint density at radius 2 is 2.09 bits per heavy atom. The van der Waals surface area contributed by atoms with Gasteiger partial charge in [-0.2, -0.15) is 0 Å². The van der Waals surface area contributed by atoms with E-state index in [1.54, 1.807) is 17.2 Å². The smallest absolute Gasteiger partial charge is 0.261 e. The molecule has 1 amide bonds. The summed E-state index contributed by atoms with van der Waals surface area (Å²) in [6, 6.07) is 3.68. The number of aryl methyl sites for hydroxylation is 1. The number of aromatic nitrogens is 2. The van der Waals surface area contributed by atoms with Gasteiger partial charge in [-0.25, -0.2) is 4.98 Å². The molecule has 0 aliphatic carbocycles. The van der Waals surface area contributed by atoms with Crippen molar-refractivity contribution in [2.24, 2.45) is 0 Å². The number of nitrogens with zero attached hydrogens (tertiary/aromatic N) is 3. The van der Waals surface area contributed by atoms with E-state index in [4.69, 9.17) is 0 Å². The number of carbonyl (C=O) groups excluding carboxylic acids is 2. The van der Waals surface area contributed by atoms with Crippen molar-refractivity contribution in [1.29, 1.82) is 0 Å². The van der Waals surface area contributed by atoms with Crippen LogP contribution in [-0.2, 0) is 19.4 Å². The molecular weight excluding hydrogens is 358 g/mol. The van der Waals surface area contributed by atoms with Crippen LogP contribution < -0.4 is 4.90 Å². The number of carbonyl (C=O) groups is 2. The Morgan fingerprint density at radius 3 is 2.91 bits per heavy atom. The largest absolute Gasteiger partial charge is 0.348 e. The first-order valence-electron chi connectivity index (χ1n) is 7.83. The van der Waals surface area contributed by atoms with Crippen molar-refractivity contribution in [3.05, 3.63) is 45.3 Å². The highest BCUT2D eigenvalue weighted by Crippen LogP contribution is 2.33. The van der Waals surface area contributed by atoms with Gasteiger partial charge in [-0.15, -0.1) is 0 Å². The molecule has 5 nitrogen and oxygen atoms in total. The van der Waals surface area contributed by atoms with Crippen LogP contribution in [0, 0.1) is 0 Å². The molecule has 0 saturated carbocycles. The molecule has 118 valence electrons. The third kappa shape index (κ3) is 2.24. The highest BCUT2D eigenvalue weighted by molar-refractivity contribution is 9.10. The van der Waals surface area contributed by atoms with Crippen LogP contribution in [0.2, 0.25) is 0 Å². The molecule has 0 radical (unpaired) electrons. The number of aldehydes is 1. The lowest BCUT2D eigenvalue weighted by Gasteiger charge is -2.28. The number of rotatable bonds is 2. The standard InChI is InChI=1S/C17H16BrN3O2/c18-15-11(10-22)4-6-19-16(15)21-8-5-14-13(17(21)23)9-12-3-1-2-7-20(12)14/h4,6,9-10H,1-3,5,7-8H2. The molecule has 6 heteroatoms. The monoisotopic (exact) mass is 373 g/mol. The summed E-state index contributed by atoms with van der Waals surface area (Å²) in [5.74, 6) is 0.499. The van der Waals surface area contributed by atoms with E-state index in [2.05, 4.69) is 25.5 Å². The molecule has 0 fully saturated rings. The lowest BCUT2D eigenvalue weighted by molar-refractivity contribution is 0.0978. The van der Waals surface area contributed by atoms with E-state index in [-0.39, 0.29) is 5.91 Å².